The minimum absolute atomic E-state index is 0. The van der Waals surface area contributed by atoms with Gasteiger partial charge in [0.05, 0.1) is 6.54 Å². The first-order chi connectivity index (χ1) is 8.84. The Balaban J connectivity index is 0.00000110. The van der Waals surface area contributed by atoms with Gasteiger partial charge in [0.1, 0.15) is 5.39 Å². The molecule has 0 saturated heterocycles. The maximum Gasteiger partial charge on any atom is 0.240 e. The second-order valence-electron chi connectivity index (χ2n) is 5.41. The van der Waals surface area contributed by atoms with E-state index in [-0.39, 0.29) is 12.4 Å². The molecule has 3 heterocycles. The largest absolute Gasteiger partial charge is 1.00 e. The molecule has 0 amide bonds. The third kappa shape index (κ3) is 1.93. The number of hydrogen-bond donors (Lipinski definition) is 1. The Morgan fingerprint density at radius 3 is 2.79 bits per heavy atom. The predicted molar refractivity (Wildman–Crippen MR) is 73.8 cm³/mol. The van der Waals surface area contributed by atoms with Crippen LogP contribution in [0.2, 0.25) is 0 Å². The number of nitrogens with two attached hydrogens (primary N) is 1. The number of rotatable bonds is 0. The fourth-order valence-corrected chi connectivity index (χ4v) is 4.65. The summed E-state index contributed by atoms with van der Waals surface area (Å²) >= 11 is 1.89. The van der Waals surface area contributed by atoms with Crippen LogP contribution >= 0.6 is 11.3 Å². The van der Waals surface area contributed by atoms with Gasteiger partial charge in [0, 0.05) is 11.3 Å². The van der Waals surface area contributed by atoms with E-state index in [1.165, 1.54) is 60.1 Å². The number of hydrogen-bond acceptors (Lipinski definition) is 3. The summed E-state index contributed by atoms with van der Waals surface area (Å²) in [4.78, 5) is 7.59. The Kier molecular flexibility index (Phi) is 3.39. The molecule has 2 N–H and O–H groups in total. The maximum absolute atomic E-state index is 6.42. The standard InChI is InChI=1S/C14H17N3S.ClH/c15-13-12-9-5-2-1-3-6-10(9)18-14(12)16-11-7-4-8-17(11)13;/h15H,1-8H2;1H. The van der Waals surface area contributed by atoms with Gasteiger partial charge in [0.2, 0.25) is 16.5 Å². The van der Waals surface area contributed by atoms with Crippen molar-refractivity contribution in [3.8, 4) is 0 Å². The summed E-state index contributed by atoms with van der Waals surface area (Å²) < 4.78 is 2.24. The molecule has 3 nitrogen and oxygen atoms in total. The highest BCUT2D eigenvalue weighted by Crippen LogP contribution is 2.37. The summed E-state index contributed by atoms with van der Waals surface area (Å²) in [7, 11) is 0. The van der Waals surface area contributed by atoms with Crippen molar-refractivity contribution in [2.24, 2.45) is 0 Å². The number of nitrogen functional groups attached to an aromatic ring is 1. The van der Waals surface area contributed by atoms with Crippen molar-refractivity contribution >= 4 is 27.4 Å². The molecule has 1 aliphatic heterocycles. The van der Waals surface area contributed by atoms with Gasteiger partial charge in [-0.15, -0.1) is 11.3 Å². The van der Waals surface area contributed by atoms with Crippen LogP contribution in [0.3, 0.4) is 0 Å². The van der Waals surface area contributed by atoms with Gasteiger partial charge in [-0.3, -0.25) is 0 Å². The molecule has 0 bridgehead atoms. The van der Waals surface area contributed by atoms with Crippen LogP contribution in [0.1, 0.15) is 41.9 Å². The second kappa shape index (κ2) is 4.91. The SMILES string of the molecule is Nc1c2c3c(sc2nc2[n+]1CCC2)CCCCC3.[Cl-]. The molecular weight excluding hydrogens is 278 g/mol. The van der Waals surface area contributed by atoms with E-state index in [9.17, 15) is 0 Å². The van der Waals surface area contributed by atoms with E-state index < -0.39 is 0 Å². The summed E-state index contributed by atoms with van der Waals surface area (Å²) in [5.74, 6) is 2.17. The van der Waals surface area contributed by atoms with Crippen LogP contribution < -0.4 is 22.7 Å². The minimum Gasteiger partial charge on any atom is -1.00 e. The molecule has 19 heavy (non-hydrogen) atoms. The highest BCUT2D eigenvalue weighted by Gasteiger charge is 2.28. The van der Waals surface area contributed by atoms with Gasteiger partial charge in [-0.25, -0.2) is 4.57 Å². The lowest BCUT2D eigenvalue weighted by molar-refractivity contribution is -0.678. The summed E-state index contributed by atoms with van der Waals surface area (Å²) in [6.07, 6.45) is 8.69. The zero-order valence-electron chi connectivity index (χ0n) is 10.9. The molecule has 0 fully saturated rings. The average molecular weight is 296 g/mol. The summed E-state index contributed by atoms with van der Waals surface area (Å²) in [6.45, 7) is 1.05. The first kappa shape index (κ1) is 13.1. The molecule has 0 aromatic carbocycles. The van der Waals surface area contributed by atoms with Crippen LogP contribution in [0.25, 0.3) is 10.2 Å². The fraction of sp³-hybridized carbons (Fsp3) is 0.571. The molecule has 5 heteroatoms. The Bertz CT molecular complexity index is 635. The van der Waals surface area contributed by atoms with E-state index in [2.05, 4.69) is 4.57 Å². The van der Waals surface area contributed by atoms with Gasteiger partial charge in [0.15, 0.2) is 0 Å². The number of halogens is 1. The Morgan fingerprint density at radius 2 is 1.89 bits per heavy atom. The highest BCUT2D eigenvalue weighted by atomic mass is 35.5. The van der Waals surface area contributed by atoms with Crippen molar-refractivity contribution in [2.75, 3.05) is 5.73 Å². The molecule has 0 unspecified atom stereocenters. The monoisotopic (exact) mass is 295 g/mol. The van der Waals surface area contributed by atoms with Crippen molar-refractivity contribution < 1.29 is 17.0 Å². The third-order valence-corrected chi connectivity index (χ3v) is 5.46. The number of aromatic nitrogens is 2. The summed E-state index contributed by atoms with van der Waals surface area (Å²) in [5.41, 5.74) is 7.93. The van der Waals surface area contributed by atoms with Crippen LogP contribution in [-0.2, 0) is 25.8 Å². The quantitative estimate of drug-likeness (QED) is 0.520. The van der Waals surface area contributed by atoms with E-state index in [1.807, 2.05) is 11.3 Å². The minimum atomic E-state index is 0. The Morgan fingerprint density at radius 1 is 1.05 bits per heavy atom. The van der Waals surface area contributed by atoms with E-state index in [0.717, 1.165) is 18.8 Å². The van der Waals surface area contributed by atoms with Crippen molar-refractivity contribution in [3.05, 3.63) is 16.3 Å². The van der Waals surface area contributed by atoms with Gasteiger partial charge < -0.3 is 18.1 Å². The van der Waals surface area contributed by atoms with E-state index >= 15 is 0 Å². The lowest BCUT2D eigenvalue weighted by atomic mass is 10.1. The van der Waals surface area contributed by atoms with Crippen LogP contribution in [0.4, 0.5) is 5.82 Å². The maximum atomic E-state index is 6.42. The Labute approximate surface area is 123 Å². The number of thiophene rings is 1. The topological polar surface area (TPSA) is 42.8 Å². The normalized spacial score (nSPS) is 17.7. The van der Waals surface area contributed by atoms with Crippen LogP contribution in [0.5, 0.6) is 0 Å². The van der Waals surface area contributed by atoms with Gasteiger partial charge in [-0.05, 0) is 37.7 Å². The molecule has 2 aromatic rings. The zero-order chi connectivity index (χ0) is 12.1. The van der Waals surface area contributed by atoms with Gasteiger partial charge in [-0.2, -0.15) is 0 Å². The van der Waals surface area contributed by atoms with E-state index in [0.29, 0.717) is 0 Å². The number of nitrogens with zero attached hydrogens (tertiary/aromatic N) is 2. The highest BCUT2D eigenvalue weighted by molar-refractivity contribution is 7.18. The number of anilines is 1. The molecular formula is C14H18ClN3S. The number of fused-ring (bicyclic) bond motifs is 4. The summed E-state index contributed by atoms with van der Waals surface area (Å²) in [6, 6.07) is 0. The van der Waals surface area contributed by atoms with E-state index in [1.54, 1.807) is 4.88 Å². The molecule has 1 aliphatic carbocycles. The lowest BCUT2D eigenvalue weighted by Crippen LogP contribution is -3.00. The lowest BCUT2D eigenvalue weighted by Gasteiger charge is -2.03. The van der Waals surface area contributed by atoms with Gasteiger partial charge in [0.25, 0.3) is 0 Å². The van der Waals surface area contributed by atoms with E-state index in [4.69, 9.17) is 10.7 Å². The average Bonchev–Trinajstić information content (AvgIpc) is 2.89. The van der Waals surface area contributed by atoms with Crippen LogP contribution in [-0.4, -0.2) is 4.98 Å². The van der Waals surface area contributed by atoms with Gasteiger partial charge >= 0.3 is 0 Å². The van der Waals surface area contributed by atoms with Crippen molar-refractivity contribution in [1.29, 1.82) is 0 Å². The predicted octanol–water partition coefficient (Wildman–Crippen LogP) is -0.615. The molecule has 4 rings (SSSR count). The molecule has 0 spiro atoms. The molecule has 2 aromatic heterocycles. The molecule has 0 radical (unpaired) electrons. The number of aryl methyl sites for hydroxylation is 3. The van der Waals surface area contributed by atoms with Crippen molar-refractivity contribution in [1.82, 2.24) is 4.98 Å². The Hall–Kier alpha value is -0.870. The zero-order valence-corrected chi connectivity index (χ0v) is 12.5. The van der Waals surface area contributed by atoms with Crippen LogP contribution in [0, 0.1) is 0 Å². The first-order valence-electron chi connectivity index (χ1n) is 6.97. The summed E-state index contributed by atoms with van der Waals surface area (Å²) in [5, 5.41) is 1.28. The molecule has 102 valence electrons. The molecule has 0 saturated carbocycles. The van der Waals surface area contributed by atoms with Crippen LogP contribution in [0.15, 0.2) is 0 Å². The fourth-order valence-electron chi connectivity index (χ4n) is 3.36. The second-order valence-corrected chi connectivity index (χ2v) is 6.50. The first-order valence-corrected chi connectivity index (χ1v) is 7.78. The third-order valence-electron chi connectivity index (χ3n) is 4.27. The van der Waals surface area contributed by atoms with Gasteiger partial charge in [-0.1, -0.05) is 11.4 Å². The molecule has 2 aliphatic rings. The smallest absolute Gasteiger partial charge is 0.240 e. The van der Waals surface area contributed by atoms with Crippen molar-refractivity contribution in [2.45, 2.75) is 51.5 Å². The van der Waals surface area contributed by atoms with Crippen molar-refractivity contribution in [3.63, 3.8) is 0 Å². The molecule has 0 atom stereocenters.